The number of benzene rings is 1. The monoisotopic (exact) mass is 305 g/mol. The van der Waals surface area contributed by atoms with E-state index in [9.17, 15) is 4.39 Å². The van der Waals surface area contributed by atoms with Crippen LogP contribution in [-0.4, -0.2) is 14.5 Å². The lowest BCUT2D eigenvalue weighted by Gasteiger charge is -2.05. The Kier molecular flexibility index (Phi) is 3.94. The first-order chi connectivity index (χ1) is 11.0. The van der Waals surface area contributed by atoms with E-state index in [0.717, 1.165) is 22.8 Å². The molecule has 0 amide bonds. The average molecular weight is 305 g/mol. The summed E-state index contributed by atoms with van der Waals surface area (Å²) in [4.78, 5) is 8.57. The number of halogens is 1. The van der Waals surface area contributed by atoms with Crippen molar-refractivity contribution < 1.29 is 4.39 Å². The molecule has 3 rings (SSSR count). The smallest absolute Gasteiger partial charge is 0.132 e. The van der Waals surface area contributed by atoms with E-state index in [0.29, 0.717) is 11.3 Å². The summed E-state index contributed by atoms with van der Waals surface area (Å²) in [7, 11) is 0. The zero-order valence-electron chi connectivity index (χ0n) is 13.3. The summed E-state index contributed by atoms with van der Waals surface area (Å²) >= 11 is 0. The van der Waals surface area contributed by atoms with Crippen molar-refractivity contribution in [1.82, 2.24) is 14.5 Å². The predicted octanol–water partition coefficient (Wildman–Crippen LogP) is 3.73. The van der Waals surface area contributed by atoms with Crippen molar-refractivity contribution in [2.45, 2.75) is 20.8 Å². The van der Waals surface area contributed by atoms with E-state index >= 15 is 0 Å². The fourth-order valence-electron chi connectivity index (χ4n) is 2.29. The zero-order valence-corrected chi connectivity index (χ0v) is 13.3. The topological polar surface area (TPSA) is 30.7 Å². The minimum atomic E-state index is -0.226. The van der Waals surface area contributed by atoms with Gasteiger partial charge in [-0.3, -0.25) is 4.98 Å². The Morgan fingerprint density at radius 1 is 1.04 bits per heavy atom. The first-order valence-electron chi connectivity index (χ1n) is 7.30. The van der Waals surface area contributed by atoms with Gasteiger partial charge in [0.1, 0.15) is 17.3 Å². The Morgan fingerprint density at radius 2 is 1.87 bits per heavy atom. The third-order valence-electron chi connectivity index (χ3n) is 3.55. The number of nitrogens with zero attached hydrogens (tertiary/aromatic N) is 3. The van der Waals surface area contributed by atoms with Crippen LogP contribution in [-0.2, 0) is 0 Å². The molecule has 0 saturated heterocycles. The predicted molar refractivity (Wildman–Crippen MR) is 88.0 cm³/mol. The van der Waals surface area contributed by atoms with Crippen molar-refractivity contribution in [2.75, 3.05) is 0 Å². The van der Waals surface area contributed by atoms with Gasteiger partial charge in [-0.1, -0.05) is 12.0 Å². The van der Waals surface area contributed by atoms with E-state index in [4.69, 9.17) is 0 Å². The number of aromatic nitrogens is 3. The van der Waals surface area contributed by atoms with Crippen molar-refractivity contribution in [1.29, 1.82) is 0 Å². The highest BCUT2D eigenvalue weighted by Crippen LogP contribution is 2.16. The second kappa shape index (κ2) is 6.05. The molecule has 0 spiro atoms. The highest BCUT2D eigenvalue weighted by molar-refractivity contribution is 5.42. The Hall–Kier alpha value is -2.93. The highest BCUT2D eigenvalue weighted by Gasteiger charge is 2.06. The van der Waals surface area contributed by atoms with Crippen molar-refractivity contribution in [2.24, 2.45) is 0 Å². The van der Waals surface area contributed by atoms with Gasteiger partial charge in [-0.15, -0.1) is 0 Å². The van der Waals surface area contributed by atoms with E-state index in [-0.39, 0.29) is 5.82 Å². The number of hydrogen-bond donors (Lipinski definition) is 0. The lowest BCUT2D eigenvalue weighted by Crippen LogP contribution is -1.96. The number of aryl methyl sites for hydroxylation is 3. The van der Waals surface area contributed by atoms with Crippen LogP contribution in [0.4, 0.5) is 4.39 Å². The normalized spacial score (nSPS) is 10.3. The molecule has 2 heterocycles. The molecule has 0 aliphatic rings. The van der Waals surface area contributed by atoms with Crippen LogP contribution in [0.2, 0.25) is 0 Å². The van der Waals surface area contributed by atoms with Gasteiger partial charge in [0.2, 0.25) is 0 Å². The molecule has 0 unspecified atom stereocenters. The highest BCUT2D eigenvalue weighted by atomic mass is 19.1. The Labute approximate surface area is 134 Å². The molecule has 4 heteroatoms. The van der Waals surface area contributed by atoms with Gasteiger partial charge in [-0.2, -0.15) is 0 Å². The molecule has 0 atom stereocenters. The number of imidazole rings is 1. The molecule has 2 aromatic heterocycles. The molecule has 3 nitrogen and oxygen atoms in total. The molecule has 0 aliphatic heterocycles. The molecule has 0 saturated carbocycles. The summed E-state index contributed by atoms with van der Waals surface area (Å²) in [5.74, 6) is 6.66. The molecule has 0 radical (unpaired) electrons. The summed E-state index contributed by atoms with van der Waals surface area (Å²) < 4.78 is 15.6. The molecule has 0 aliphatic carbocycles. The Bertz CT molecular complexity index is 929. The van der Waals surface area contributed by atoms with Gasteiger partial charge >= 0.3 is 0 Å². The van der Waals surface area contributed by atoms with Crippen molar-refractivity contribution in [3.05, 3.63) is 76.9 Å². The van der Waals surface area contributed by atoms with Gasteiger partial charge < -0.3 is 4.57 Å². The van der Waals surface area contributed by atoms with Crippen molar-refractivity contribution in [3.8, 4) is 17.5 Å². The molecular formula is C19H16FN3. The van der Waals surface area contributed by atoms with Crippen LogP contribution < -0.4 is 0 Å². The zero-order chi connectivity index (χ0) is 16.4. The van der Waals surface area contributed by atoms with Crippen molar-refractivity contribution >= 4 is 0 Å². The molecule has 1 aromatic carbocycles. The molecule has 0 fully saturated rings. The van der Waals surface area contributed by atoms with Gasteiger partial charge in [-0.05, 0) is 56.5 Å². The summed E-state index contributed by atoms with van der Waals surface area (Å²) in [6.07, 6.45) is 3.55. The van der Waals surface area contributed by atoms with Gasteiger partial charge in [-0.25, -0.2) is 9.37 Å². The molecule has 3 aromatic rings. The summed E-state index contributed by atoms with van der Waals surface area (Å²) in [5, 5.41) is 0. The fourth-order valence-corrected chi connectivity index (χ4v) is 2.29. The fraction of sp³-hybridized carbons (Fsp3) is 0.158. The number of rotatable bonds is 1. The van der Waals surface area contributed by atoms with Crippen LogP contribution in [0, 0.1) is 38.4 Å². The van der Waals surface area contributed by atoms with Crippen LogP contribution in [0.25, 0.3) is 5.69 Å². The minimum Gasteiger partial charge on any atom is -0.303 e. The molecule has 23 heavy (non-hydrogen) atoms. The van der Waals surface area contributed by atoms with Crippen LogP contribution >= 0.6 is 0 Å². The van der Waals surface area contributed by atoms with E-state index in [1.165, 1.54) is 6.07 Å². The minimum absolute atomic E-state index is 0.226. The summed E-state index contributed by atoms with van der Waals surface area (Å²) in [5.41, 5.74) is 3.84. The number of pyridine rings is 1. The van der Waals surface area contributed by atoms with E-state index in [1.807, 2.05) is 42.8 Å². The number of hydrogen-bond acceptors (Lipinski definition) is 2. The van der Waals surface area contributed by atoms with Crippen LogP contribution in [0.5, 0.6) is 0 Å². The van der Waals surface area contributed by atoms with Crippen LogP contribution in [0.3, 0.4) is 0 Å². The molecule has 114 valence electrons. The molecule has 0 bridgehead atoms. The first-order valence-corrected chi connectivity index (χ1v) is 7.30. The van der Waals surface area contributed by atoms with Gasteiger partial charge in [0, 0.05) is 29.3 Å². The lowest BCUT2D eigenvalue weighted by molar-refractivity contribution is 0.617. The van der Waals surface area contributed by atoms with Gasteiger partial charge in [0.25, 0.3) is 0 Å². The SMILES string of the molecule is Cc1cc(C#Cc2cn(-c3ccc(C)c(F)c3)c(C)n2)ccn1. The average Bonchev–Trinajstić information content (AvgIpc) is 2.89. The third-order valence-corrected chi connectivity index (χ3v) is 3.55. The second-order valence-corrected chi connectivity index (χ2v) is 5.41. The lowest BCUT2D eigenvalue weighted by atomic mass is 10.2. The maximum absolute atomic E-state index is 13.7. The molecule has 0 N–H and O–H groups in total. The van der Waals surface area contributed by atoms with Gasteiger partial charge in [0.05, 0.1) is 0 Å². The van der Waals surface area contributed by atoms with E-state index in [2.05, 4.69) is 21.8 Å². The Morgan fingerprint density at radius 3 is 2.61 bits per heavy atom. The second-order valence-electron chi connectivity index (χ2n) is 5.41. The van der Waals surface area contributed by atoms with Crippen molar-refractivity contribution in [3.63, 3.8) is 0 Å². The third kappa shape index (κ3) is 3.29. The standard InChI is InChI=1S/C19H16FN3/c1-13-4-7-18(11-19(13)20)23-12-17(22-15(23)3)6-5-16-8-9-21-14(2)10-16/h4,7-12H,1-3H3. The maximum atomic E-state index is 13.7. The Balaban J connectivity index is 1.94. The van der Waals surface area contributed by atoms with Crippen LogP contribution in [0.15, 0.2) is 42.7 Å². The van der Waals surface area contributed by atoms with E-state index < -0.39 is 0 Å². The first kappa shape index (κ1) is 15.0. The summed E-state index contributed by atoms with van der Waals surface area (Å²) in [6.45, 7) is 5.54. The molecular weight excluding hydrogens is 289 g/mol. The largest absolute Gasteiger partial charge is 0.303 e. The van der Waals surface area contributed by atoms with Crippen LogP contribution in [0.1, 0.15) is 28.3 Å². The van der Waals surface area contributed by atoms with E-state index in [1.54, 1.807) is 19.2 Å². The summed E-state index contributed by atoms with van der Waals surface area (Å²) in [6, 6.07) is 8.92. The maximum Gasteiger partial charge on any atom is 0.132 e. The quantitative estimate of drug-likeness (QED) is 0.641. The van der Waals surface area contributed by atoms with Gasteiger partial charge in [0.15, 0.2) is 0 Å².